The van der Waals surface area contributed by atoms with Crippen molar-refractivity contribution in [1.29, 1.82) is 0 Å². The van der Waals surface area contributed by atoms with Gasteiger partial charge in [-0.3, -0.25) is 4.79 Å². The van der Waals surface area contributed by atoms with Crippen molar-refractivity contribution in [3.63, 3.8) is 0 Å². The SMILES string of the molecule is CC(=O)[C@H]1CC[C@H]2[C@@H]3CC(C)=C4CC(O)CC[C@]4(C)[C@H]3CC[C@]12C. The maximum absolute atomic E-state index is 12.2. The largest absolute Gasteiger partial charge is 0.393 e. The van der Waals surface area contributed by atoms with E-state index in [9.17, 15) is 9.90 Å². The Labute approximate surface area is 147 Å². The Morgan fingerprint density at radius 1 is 1.04 bits per heavy atom. The van der Waals surface area contributed by atoms with Gasteiger partial charge in [-0.05, 0) is 93.8 Å². The molecule has 24 heavy (non-hydrogen) atoms. The summed E-state index contributed by atoms with van der Waals surface area (Å²) < 4.78 is 0. The minimum Gasteiger partial charge on any atom is -0.393 e. The van der Waals surface area contributed by atoms with E-state index < -0.39 is 0 Å². The average Bonchev–Trinajstić information content (AvgIpc) is 2.87. The molecule has 0 aromatic carbocycles. The number of Topliss-reactive ketones (excluding diaryl/α,β-unsaturated/α-hetero) is 1. The smallest absolute Gasteiger partial charge is 0.133 e. The Hall–Kier alpha value is -0.630. The van der Waals surface area contributed by atoms with E-state index in [1.165, 1.54) is 25.7 Å². The van der Waals surface area contributed by atoms with Crippen LogP contribution in [0.1, 0.15) is 79.1 Å². The van der Waals surface area contributed by atoms with Gasteiger partial charge in [-0.25, -0.2) is 0 Å². The molecule has 4 rings (SSSR count). The Morgan fingerprint density at radius 3 is 2.50 bits per heavy atom. The molecular weight excluding hydrogens is 296 g/mol. The molecule has 3 fully saturated rings. The Bertz CT molecular complexity index is 591. The number of allylic oxidation sites excluding steroid dienone is 1. The van der Waals surface area contributed by atoms with E-state index in [0.29, 0.717) is 17.1 Å². The van der Waals surface area contributed by atoms with Crippen LogP contribution in [0.3, 0.4) is 0 Å². The number of aliphatic hydroxyl groups is 1. The summed E-state index contributed by atoms with van der Waals surface area (Å²) in [6, 6.07) is 0. The van der Waals surface area contributed by atoms with Crippen LogP contribution in [0.25, 0.3) is 0 Å². The summed E-state index contributed by atoms with van der Waals surface area (Å²) in [5, 5.41) is 10.2. The van der Waals surface area contributed by atoms with Gasteiger partial charge in [0.25, 0.3) is 0 Å². The van der Waals surface area contributed by atoms with Gasteiger partial charge < -0.3 is 5.11 Å². The predicted molar refractivity (Wildman–Crippen MR) is 96.5 cm³/mol. The van der Waals surface area contributed by atoms with Crippen LogP contribution in [-0.2, 0) is 4.79 Å². The summed E-state index contributed by atoms with van der Waals surface area (Å²) >= 11 is 0. The number of rotatable bonds is 1. The molecular formula is C22H34O2. The van der Waals surface area contributed by atoms with Crippen molar-refractivity contribution in [1.82, 2.24) is 0 Å². The summed E-state index contributed by atoms with van der Waals surface area (Å²) in [6.45, 7) is 9.06. The molecule has 0 amide bonds. The highest BCUT2D eigenvalue weighted by Crippen LogP contribution is 2.67. The third-order valence-corrected chi connectivity index (χ3v) is 8.93. The van der Waals surface area contributed by atoms with Crippen LogP contribution in [0.4, 0.5) is 0 Å². The van der Waals surface area contributed by atoms with Crippen molar-refractivity contribution in [2.75, 3.05) is 0 Å². The lowest BCUT2D eigenvalue weighted by molar-refractivity contribution is -0.127. The fraction of sp³-hybridized carbons (Fsp3) is 0.864. The van der Waals surface area contributed by atoms with Gasteiger partial charge in [-0.15, -0.1) is 0 Å². The van der Waals surface area contributed by atoms with Crippen LogP contribution in [0.15, 0.2) is 11.1 Å². The normalized spacial score (nSPS) is 51.0. The molecule has 1 unspecified atom stereocenters. The van der Waals surface area contributed by atoms with E-state index >= 15 is 0 Å². The van der Waals surface area contributed by atoms with Crippen LogP contribution in [-0.4, -0.2) is 17.0 Å². The van der Waals surface area contributed by atoms with Gasteiger partial charge >= 0.3 is 0 Å². The number of carbonyl (C=O) groups excluding carboxylic acids is 1. The van der Waals surface area contributed by atoms with Gasteiger partial charge in [0.2, 0.25) is 0 Å². The second-order valence-corrected chi connectivity index (χ2v) is 9.94. The molecule has 0 aromatic rings. The van der Waals surface area contributed by atoms with Gasteiger partial charge in [-0.2, -0.15) is 0 Å². The van der Waals surface area contributed by atoms with E-state index in [1.807, 2.05) is 6.92 Å². The summed E-state index contributed by atoms with van der Waals surface area (Å²) in [7, 11) is 0. The Morgan fingerprint density at radius 2 is 1.79 bits per heavy atom. The van der Waals surface area contributed by atoms with Crippen LogP contribution in [0, 0.1) is 34.5 Å². The van der Waals surface area contributed by atoms with Crippen molar-refractivity contribution in [2.45, 2.75) is 85.2 Å². The second-order valence-electron chi connectivity index (χ2n) is 9.94. The minimum atomic E-state index is -0.123. The maximum Gasteiger partial charge on any atom is 0.133 e. The fourth-order valence-corrected chi connectivity index (χ4v) is 7.77. The average molecular weight is 331 g/mol. The molecule has 2 nitrogen and oxygen atoms in total. The highest BCUT2D eigenvalue weighted by atomic mass is 16.3. The first kappa shape index (κ1) is 16.8. The Kier molecular flexibility index (Phi) is 3.81. The van der Waals surface area contributed by atoms with Gasteiger partial charge in [0.1, 0.15) is 5.78 Å². The van der Waals surface area contributed by atoms with Gasteiger partial charge in [0.05, 0.1) is 6.10 Å². The van der Waals surface area contributed by atoms with Crippen molar-refractivity contribution < 1.29 is 9.90 Å². The Balaban J connectivity index is 1.71. The van der Waals surface area contributed by atoms with Crippen LogP contribution >= 0.6 is 0 Å². The number of hydrogen-bond donors (Lipinski definition) is 1. The number of aliphatic hydroxyl groups excluding tert-OH is 1. The quantitative estimate of drug-likeness (QED) is 0.694. The lowest BCUT2D eigenvalue weighted by Crippen LogP contribution is -2.51. The molecule has 2 heteroatoms. The number of hydrogen-bond acceptors (Lipinski definition) is 2. The van der Waals surface area contributed by atoms with Crippen molar-refractivity contribution in [3.8, 4) is 0 Å². The predicted octanol–water partition coefficient (Wildman–Crippen LogP) is 4.91. The third kappa shape index (κ3) is 2.14. The van der Waals surface area contributed by atoms with E-state index in [1.54, 1.807) is 11.1 Å². The van der Waals surface area contributed by atoms with Crippen molar-refractivity contribution >= 4 is 5.78 Å². The molecule has 7 atom stereocenters. The standard InChI is InChI=1S/C22H34O2/c1-13-11-16-18-6-5-17(14(2)23)21(18,3)10-8-19(16)22(4)9-7-15(24)12-20(13)22/h15-19,24H,5-12H2,1-4H3/t15?,16-,17+,18-,19-,21+,22+/m0/s1. The molecule has 0 bridgehead atoms. The van der Waals surface area contributed by atoms with Crippen LogP contribution in [0.2, 0.25) is 0 Å². The highest BCUT2D eigenvalue weighted by Gasteiger charge is 2.59. The van der Waals surface area contributed by atoms with E-state index in [2.05, 4.69) is 20.8 Å². The first-order valence-electron chi connectivity index (χ1n) is 10.1. The summed E-state index contributed by atoms with van der Waals surface area (Å²) in [5.41, 5.74) is 3.71. The zero-order chi connectivity index (χ0) is 17.3. The van der Waals surface area contributed by atoms with E-state index in [4.69, 9.17) is 0 Å². The molecule has 0 spiro atoms. The summed E-state index contributed by atoms with van der Waals surface area (Å²) in [4.78, 5) is 12.2. The number of carbonyl (C=O) groups is 1. The van der Waals surface area contributed by atoms with Gasteiger partial charge in [-0.1, -0.05) is 25.0 Å². The molecule has 1 N–H and O–H groups in total. The lowest BCUT2D eigenvalue weighted by Gasteiger charge is -2.58. The van der Waals surface area contributed by atoms with Gasteiger partial charge in [0, 0.05) is 5.92 Å². The molecule has 4 aliphatic rings. The third-order valence-electron chi connectivity index (χ3n) is 8.93. The first-order valence-corrected chi connectivity index (χ1v) is 10.1. The number of ketones is 1. The fourth-order valence-electron chi connectivity index (χ4n) is 7.77. The zero-order valence-electron chi connectivity index (χ0n) is 15.9. The molecule has 0 heterocycles. The number of fused-ring (bicyclic) bond motifs is 5. The molecule has 0 saturated heterocycles. The molecule has 0 aromatic heterocycles. The maximum atomic E-state index is 12.2. The molecule has 0 radical (unpaired) electrons. The van der Waals surface area contributed by atoms with Gasteiger partial charge in [0.15, 0.2) is 0 Å². The molecule has 134 valence electrons. The summed E-state index contributed by atoms with van der Waals surface area (Å²) in [5.74, 6) is 2.99. The zero-order valence-corrected chi connectivity index (χ0v) is 15.9. The lowest BCUT2D eigenvalue weighted by atomic mass is 9.46. The monoisotopic (exact) mass is 330 g/mol. The minimum absolute atomic E-state index is 0.123. The topological polar surface area (TPSA) is 37.3 Å². The van der Waals surface area contributed by atoms with Crippen molar-refractivity contribution in [2.24, 2.45) is 34.5 Å². The second kappa shape index (κ2) is 5.43. The molecule has 0 aliphatic heterocycles. The molecule has 4 aliphatic carbocycles. The van der Waals surface area contributed by atoms with Crippen LogP contribution < -0.4 is 0 Å². The molecule has 3 saturated carbocycles. The van der Waals surface area contributed by atoms with Crippen molar-refractivity contribution in [3.05, 3.63) is 11.1 Å². The van der Waals surface area contributed by atoms with E-state index in [0.717, 1.165) is 43.4 Å². The van der Waals surface area contributed by atoms with Crippen LogP contribution in [0.5, 0.6) is 0 Å². The first-order chi connectivity index (χ1) is 11.3. The van der Waals surface area contributed by atoms with E-state index in [-0.39, 0.29) is 11.5 Å². The summed E-state index contributed by atoms with van der Waals surface area (Å²) in [6.07, 6.45) is 9.00. The highest BCUT2D eigenvalue weighted by molar-refractivity contribution is 5.79.